The van der Waals surface area contributed by atoms with E-state index in [1.54, 1.807) is 6.26 Å². The van der Waals surface area contributed by atoms with Crippen molar-refractivity contribution in [2.24, 2.45) is 0 Å². The van der Waals surface area contributed by atoms with Gasteiger partial charge in [-0.15, -0.1) is 0 Å². The van der Waals surface area contributed by atoms with Crippen molar-refractivity contribution in [1.29, 1.82) is 0 Å². The third kappa shape index (κ3) is 2.11. The van der Waals surface area contributed by atoms with Gasteiger partial charge in [0.05, 0.1) is 12.2 Å². The molecule has 2 aromatic heterocycles. The zero-order valence-corrected chi connectivity index (χ0v) is 13.1. The van der Waals surface area contributed by atoms with Crippen LogP contribution < -0.4 is 0 Å². The maximum atomic E-state index is 6.13. The molecule has 1 unspecified atom stereocenters. The summed E-state index contributed by atoms with van der Waals surface area (Å²) in [4.78, 5) is 0. The normalized spacial score (nSPS) is 19.7. The van der Waals surface area contributed by atoms with Gasteiger partial charge >= 0.3 is 0 Å². The second-order valence-electron chi connectivity index (χ2n) is 6.21. The first-order valence-corrected chi connectivity index (χ1v) is 8.19. The lowest BCUT2D eigenvalue weighted by molar-refractivity contribution is 0.545. The SMILES string of the molecule is C1=CC2=C(C=C(c3ccco3)C2)C(c2cc3ccccc3o2)C=C1. The van der Waals surface area contributed by atoms with E-state index >= 15 is 0 Å². The summed E-state index contributed by atoms with van der Waals surface area (Å²) in [5, 5.41) is 1.15. The molecule has 2 aliphatic rings. The minimum Gasteiger partial charge on any atom is -0.465 e. The van der Waals surface area contributed by atoms with Crippen LogP contribution in [0, 0.1) is 0 Å². The summed E-state index contributed by atoms with van der Waals surface area (Å²) in [6.45, 7) is 0. The second kappa shape index (κ2) is 5.27. The molecule has 2 heterocycles. The Bertz CT molecular complexity index is 990. The molecule has 1 aromatic carbocycles. The van der Waals surface area contributed by atoms with E-state index in [9.17, 15) is 0 Å². The number of para-hydroxylation sites is 1. The molecule has 0 fully saturated rings. The number of furan rings is 2. The minimum atomic E-state index is 0.134. The molecule has 0 saturated carbocycles. The molecule has 116 valence electrons. The molecule has 1 atom stereocenters. The summed E-state index contributed by atoms with van der Waals surface area (Å²) in [6.07, 6.45) is 13.5. The molecule has 2 aliphatic carbocycles. The second-order valence-corrected chi connectivity index (χ2v) is 6.21. The number of benzene rings is 1. The first-order chi connectivity index (χ1) is 11.9. The zero-order valence-electron chi connectivity index (χ0n) is 13.1. The van der Waals surface area contributed by atoms with Crippen LogP contribution in [0.15, 0.2) is 99.1 Å². The van der Waals surface area contributed by atoms with Crippen molar-refractivity contribution >= 4 is 16.5 Å². The standard InChI is InChI=1S/C22H16O2/c1-3-8-18(22-14-16-7-2-4-9-21(16)24-22)19-13-17(12-15(19)6-1)20-10-5-11-23-20/h1-11,13-14,18H,12H2. The molecule has 2 nitrogen and oxygen atoms in total. The van der Waals surface area contributed by atoms with Gasteiger partial charge in [0.15, 0.2) is 0 Å². The molecular weight excluding hydrogens is 296 g/mol. The van der Waals surface area contributed by atoms with Crippen LogP contribution in [0.2, 0.25) is 0 Å². The summed E-state index contributed by atoms with van der Waals surface area (Å²) in [7, 11) is 0. The van der Waals surface area contributed by atoms with Gasteiger partial charge in [-0.05, 0) is 41.0 Å². The van der Waals surface area contributed by atoms with E-state index in [0.717, 1.165) is 28.9 Å². The van der Waals surface area contributed by atoms with Gasteiger partial charge in [-0.3, -0.25) is 0 Å². The molecular formula is C22H16O2. The van der Waals surface area contributed by atoms with Crippen LogP contribution in [-0.4, -0.2) is 0 Å². The average molecular weight is 312 g/mol. The predicted molar refractivity (Wildman–Crippen MR) is 95.6 cm³/mol. The number of hydrogen-bond donors (Lipinski definition) is 0. The van der Waals surface area contributed by atoms with Crippen molar-refractivity contribution in [3.8, 4) is 0 Å². The van der Waals surface area contributed by atoms with Gasteiger partial charge in [0.2, 0.25) is 0 Å². The van der Waals surface area contributed by atoms with Crippen LogP contribution in [0.5, 0.6) is 0 Å². The van der Waals surface area contributed by atoms with E-state index in [2.05, 4.69) is 42.5 Å². The average Bonchev–Trinajstić information content (AvgIpc) is 3.32. The minimum absolute atomic E-state index is 0.134. The number of hydrogen-bond acceptors (Lipinski definition) is 2. The molecule has 24 heavy (non-hydrogen) atoms. The molecule has 5 rings (SSSR count). The summed E-state index contributed by atoms with van der Waals surface area (Å²) in [5.41, 5.74) is 4.79. The lowest BCUT2D eigenvalue weighted by Gasteiger charge is -2.10. The largest absolute Gasteiger partial charge is 0.465 e. The van der Waals surface area contributed by atoms with Crippen LogP contribution in [-0.2, 0) is 0 Å². The molecule has 0 amide bonds. The van der Waals surface area contributed by atoms with Gasteiger partial charge in [0, 0.05) is 11.8 Å². The van der Waals surface area contributed by atoms with E-state index in [4.69, 9.17) is 8.83 Å². The number of allylic oxidation sites excluding steroid dienone is 8. The lowest BCUT2D eigenvalue weighted by atomic mass is 9.94. The predicted octanol–water partition coefficient (Wildman–Crippen LogP) is 6.02. The highest BCUT2D eigenvalue weighted by Crippen LogP contribution is 2.42. The van der Waals surface area contributed by atoms with Gasteiger partial charge in [-0.1, -0.05) is 48.6 Å². The molecule has 3 aromatic rings. The van der Waals surface area contributed by atoms with E-state index in [1.165, 1.54) is 16.7 Å². The maximum Gasteiger partial charge on any atom is 0.134 e. The first kappa shape index (κ1) is 13.4. The van der Waals surface area contributed by atoms with Crippen molar-refractivity contribution in [3.05, 3.63) is 102 Å². The van der Waals surface area contributed by atoms with Gasteiger partial charge < -0.3 is 8.83 Å². The Balaban J connectivity index is 1.60. The van der Waals surface area contributed by atoms with E-state index in [1.807, 2.05) is 30.3 Å². The first-order valence-electron chi connectivity index (χ1n) is 8.19. The summed E-state index contributed by atoms with van der Waals surface area (Å²) < 4.78 is 11.7. The van der Waals surface area contributed by atoms with Gasteiger partial charge in [0.25, 0.3) is 0 Å². The Hall–Kier alpha value is -3.00. The fraction of sp³-hybridized carbons (Fsp3) is 0.0909. The Morgan fingerprint density at radius 2 is 1.96 bits per heavy atom. The molecule has 0 saturated heterocycles. The van der Waals surface area contributed by atoms with Gasteiger partial charge in [-0.2, -0.15) is 0 Å². The van der Waals surface area contributed by atoms with Crippen LogP contribution >= 0.6 is 0 Å². The van der Waals surface area contributed by atoms with E-state index in [0.29, 0.717) is 0 Å². The van der Waals surface area contributed by atoms with Gasteiger partial charge in [0.1, 0.15) is 17.1 Å². The Labute approximate surface area is 140 Å². The molecule has 0 N–H and O–H groups in total. The highest BCUT2D eigenvalue weighted by Gasteiger charge is 2.26. The smallest absolute Gasteiger partial charge is 0.134 e. The van der Waals surface area contributed by atoms with Crippen molar-refractivity contribution in [1.82, 2.24) is 0 Å². The Morgan fingerprint density at radius 3 is 2.83 bits per heavy atom. The van der Waals surface area contributed by atoms with Crippen LogP contribution in [0.1, 0.15) is 23.9 Å². The van der Waals surface area contributed by atoms with Crippen molar-refractivity contribution in [3.63, 3.8) is 0 Å². The van der Waals surface area contributed by atoms with E-state index in [-0.39, 0.29) is 5.92 Å². The van der Waals surface area contributed by atoms with E-state index < -0.39 is 0 Å². The van der Waals surface area contributed by atoms with Crippen molar-refractivity contribution < 1.29 is 8.83 Å². The fourth-order valence-corrected chi connectivity index (χ4v) is 3.56. The maximum absolute atomic E-state index is 6.13. The molecule has 0 bridgehead atoms. The quantitative estimate of drug-likeness (QED) is 0.578. The van der Waals surface area contributed by atoms with Crippen LogP contribution in [0.3, 0.4) is 0 Å². The van der Waals surface area contributed by atoms with Crippen molar-refractivity contribution in [2.45, 2.75) is 12.3 Å². The molecule has 0 aliphatic heterocycles. The molecule has 0 radical (unpaired) electrons. The highest BCUT2D eigenvalue weighted by atomic mass is 16.3. The summed E-state index contributed by atoms with van der Waals surface area (Å²) in [6, 6.07) is 14.3. The molecule has 2 heteroatoms. The van der Waals surface area contributed by atoms with Gasteiger partial charge in [-0.25, -0.2) is 0 Å². The Morgan fingerprint density at radius 1 is 1.00 bits per heavy atom. The topological polar surface area (TPSA) is 26.3 Å². The number of rotatable bonds is 2. The number of fused-ring (bicyclic) bond motifs is 1. The third-order valence-corrected chi connectivity index (χ3v) is 4.72. The monoisotopic (exact) mass is 312 g/mol. The van der Waals surface area contributed by atoms with Crippen molar-refractivity contribution in [2.75, 3.05) is 0 Å². The Kier molecular flexibility index (Phi) is 2.95. The fourth-order valence-electron chi connectivity index (χ4n) is 3.56. The third-order valence-electron chi connectivity index (χ3n) is 4.72. The summed E-state index contributed by atoms with van der Waals surface area (Å²) >= 11 is 0. The van der Waals surface area contributed by atoms with Crippen LogP contribution in [0.25, 0.3) is 16.5 Å². The summed E-state index contributed by atoms with van der Waals surface area (Å²) in [5.74, 6) is 2.07. The highest BCUT2D eigenvalue weighted by molar-refractivity contribution is 5.79. The lowest BCUT2D eigenvalue weighted by Crippen LogP contribution is -1.96. The van der Waals surface area contributed by atoms with Crippen LogP contribution in [0.4, 0.5) is 0 Å². The molecule has 0 spiro atoms. The zero-order chi connectivity index (χ0) is 15.9.